The normalized spacial score (nSPS) is 21.9. The molecule has 0 aliphatic carbocycles. The molecule has 2 N–H and O–H groups in total. The van der Waals surface area contributed by atoms with Crippen LogP contribution in [0.1, 0.15) is 78.4 Å². The quantitative estimate of drug-likeness (QED) is 0.106. The first-order valence-electron chi connectivity index (χ1n) is 17.7. The van der Waals surface area contributed by atoms with E-state index in [-0.39, 0.29) is 81.9 Å². The number of hydrogen-bond acceptors (Lipinski definition) is 10. The average molecular weight is 812 g/mol. The Kier molecular flexibility index (Phi) is 13.9. The zero-order valence-electron chi connectivity index (χ0n) is 31.9. The Hall–Kier alpha value is -2.45. The maximum Gasteiger partial charge on any atom is 1.00 e. The maximum absolute atomic E-state index is 12.9. The van der Waals surface area contributed by atoms with Gasteiger partial charge in [-0.15, -0.1) is 0 Å². The third-order valence-corrected chi connectivity index (χ3v) is 12.5. The molecule has 2 aromatic rings. The van der Waals surface area contributed by atoms with Crippen LogP contribution in [0.2, 0.25) is 0 Å². The summed E-state index contributed by atoms with van der Waals surface area (Å²) in [6.07, 6.45) is 5.74. The van der Waals surface area contributed by atoms with E-state index in [2.05, 4.69) is 15.2 Å². The molecule has 288 valence electrons. The minimum absolute atomic E-state index is 0. The molecule has 1 spiro atoms. The van der Waals surface area contributed by atoms with Crippen LogP contribution in [-0.2, 0) is 40.5 Å². The summed E-state index contributed by atoms with van der Waals surface area (Å²) in [5.41, 5.74) is 4.38. The number of quaternary nitrogens is 1. The van der Waals surface area contributed by atoms with E-state index >= 15 is 0 Å². The van der Waals surface area contributed by atoms with E-state index in [0.29, 0.717) is 48.7 Å². The van der Waals surface area contributed by atoms with Crippen LogP contribution in [0.4, 0.5) is 32.3 Å². The smallest absolute Gasteiger partial charge is 0.748 e. The van der Waals surface area contributed by atoms with Gasteiger partial charge in [-0.1, -0.05) is 6.08 Å². The molecule has 0 aromatic heterocycles. The van der Waals surface area contributed by atoms with E-state index in [1.54, 1.807) is 38.1 Å². The standard InChI is InChI=1S/C37H48N4O10S2.K/c1-7-50-34(42)38-25-16-18-29-27(23-25)36(3,4)31(40(29)20-9-10-22-52(44,45)46)13-11-14-32-37(5,6)28-24-26(39-35(43)51-8-2)17-19-30(28)41(32)21-12-15-33(41)53(47,48)49;/h11,13-14,16-19,23-24,33H,7-10,12,15,20-22H2,1-6H3,(H2-2,38,39,42,43,44,45,46,47,48,49);/q;+1/b13-11?,32-14+;. The number of fused-ring (bicyclic) bond motifs is 3. The second kappa shape index (κ2) is 17.0. The van der Waals surface area contributed by atoms with E-state index in [9.17, 15) is 35.5 Å². The Labute approximate surface area is 360 Å². The van der Waals surface area contributed by atoms with Gasteiger partial charge in [-0.2, -0.15) is 4.58 Å². The minimum Gasteiger partial charge on any atom is -0.748 e. The molecule has 3 heterocycles. The van der Waals surface area contributed by atoms with Crippen LogP contribution in [0.25, 0.3) is 0 Å². The molecule has 3 aliphatic rings. The van der Waals surface area contributed by atoms with Crippen molar-refractivity contribution in [3.8, 4) is 0 Å². The van der Waals surface area contributed by atoms with Gasteiger partial charge in [-0.3, -0.25) is 10.6 Å². The first-order chi connectivity index (χ1) is 24.8. The number of anilines is 2. The van der Waals surface area contributed by atoms with Crippen molar-refractivity contribution in [3.63, 3.8) is 0 Å². The van der Waals surface area contributed by atoms with Crippen LogP contribution < -0.4 is 66.5 Å². The zero-order valence-corrected chi connectivity index (χ0v) is 36.7. The van der Waals surface area contributed by atoms with Crippen LogP contribution in [0, 0.1) is 0 Å². The van der Waals surface area contributed by atoms with Crippen LogP contribution in [-0.4, -0.2) is 85.8 Å². The van der Waals surface area contributed by atoms with Crippen molar-refractivity contribution < 1.29 is 101 Å². The van der Waals surface area contributed by atoms with Crippen LogP contribution in [0.5, 0.6) is 0 Å². The van der Waals surface area contributed by atoms with E-state index in [1.807, 2.05) is 58.1 Å². The second-order valence-electron chi connectivity index (χ2n) is 14.5. The molecule has 0 bridgehead atoms. The van der Waals surface area contributed by atoms with E-state index in [4.69, 9.17) is 9.47 Å². The van der Waals surface area contributed by atoms with E-state index in [1.165, 1.54) is 0 Å². The van der Waals surface area contributed by atoms with Crippen molar-refractivity contribution in [2.24, 2.45) is 0 Å². The molecule has 17 heteroatoms. The third kappa shape index (κ3) is 8.90. The molecule has 14 nitrogen and oxygen atoms in total. The molecule has 2 aromatic carbocycles. The number of hydrogen-bond donors (Lipinski definition) is 2. The molecule has 2 atom stereocenters. The number of nitrogens with zero attached hydrogens (tertiary/aromatic N) is 2. The molecular weight excluding hydrogens is 764 g/mol. The zero-order chi connectivity index (χ0) is 39.0. The average Bonchev–Trinajstić information content (AvgIpc) is 3.64. The number of amides is 2. The van der Waals surface area contributed by atoms with Gasteiger partial charge in [-0.05, 0) is 78.3 Å². The summed E-state index contributed by atoms with van der Waals surface area (Å²) in [5, 5.41) is 4.23. The summed E-state index contributed by atoms with van der Waals surface area (Å²) in [6, 6.07) is 10.8. The third-order valence-electron chi connectivity index (χ3n) is 10.4. The van der Waals surface area contributed by atoms with E-state index < -0.39 is 54.4 Å². The number of nitrogens with one attached hydrogen (secondary N) is 2. The Balaban J connectivity index is 0.00000650. The molecule has 3 aliphatic heterocycles. The van der Waals surface area contributed by atoms with Crippen molar-refractivity contribution in [1.29, 1.82) is 0 Å². The summed E-state index contributed by atoms with van der Waals surface area (Å²) in [5.74, 6) is -0.479. The van der Waals surface area contributed by atoms with Crippen molar-refractivity contribution in [3.05, 3.63) is 71.5 Å². The van der Waals surface area contributed by atoms with E-state index in [0.717, 1.165) is 22.5 Å². The van der Waals surface area contributed by atoms with Crippen LogP contribution in [0.3, 0.4) is 0 Å². The van der Waals surface area contributed by atoms with Gasteiger partial charge in [0.15, 0.2) is 21.2 Å². The number of carbonyl (C=O) groups is 2. The number of allylic oxidation sites excluding steroid dienone is 4. The van der Waals surface area contributed by atoms with Crippen molar-refractivity contribution in [1.82, 2.24) is 4.48 Å². The van der Waals surface area contributed by atoms with Crippen molar-refractivity contribution in [2.45, 2.75) is 83.4 Å². The monoisotopic (exact) mass is 811 g/mol. The van der Waals surface area contributed by atoms with Crippen molar-refractivity contribution in [2.75, 3.05) is 42.7 Å². The molecular formula is C37H48KN4O10S2+. The summed E-state index contributed by atoms with van der Waals surface area (Å²) in [6.45, 7) is 12.6. The number of benzene rings is 2. The SMILES string of the molecule is CCOC(=O)Nc1ccc2c(c1)C(C)(C)C(C=C/C=C1\C(C)(C)c3cc(NC(=O)OCC)ccc3[N+]13CCCC3S(=O)(=O)[O-])=[N+]2CCCCS(=O)(=O)[O-].[K+]. The fourth-order valence-corrected chi connectivity index (χ4v) is 10.00. The van der Waals surface area contributed by atoms with Gasteiger partial charge in [-0.25, -0.2) is 30.9 Å². The van der Waals surface area contributed by atoms with Crippen molar-refractivity contribution >= 4 is 60.9 Å². The topological polar surface area (TPSA) is 194 Å². The summed E-state index contributed by atoms with van der Waals surface area (Å²) in [4.78, 5) is 24.5. The Bertz CT molecular complexity index is 2110. The fourth-order valence-electron chi connectivity index (χ4n) is 8.21. The molecule has 2 unspecified atom stereocenters. The minimum atomic E-state index is -4.75. The van der Waals surface area contributed by atoms with Gasteiger partial charge in [0, 0.05) is 65.7 Å². The molecule has 1 saturated heterocycles. The molecule has 5 rings (SSSR count). The molecule has 0 saturated carbocycles. The molecule has 1 fully saturated rings. The van der Waals surface area contributed by atoms with Crippen LogP contribution >= 0.6 is 0 Å². The Morgan fingerprint density at radius 3 is 2.07 bits per heavy atom. The van der Waals surface area contributed by atoms with Gasteiger partial charge in [0.25, 0.3) is 0 Å². The van der Waals surface area contributed by atoms with Gasteiger partial charge in [0.2, 0.25) is 5.69 Å². The van der Waals surface area contributed by atoms with Gasteiger partial charge >= 0.3 is 63.6 Å². The fraction of sp³-hybridized carbons (Fsp3) is 0.486. The van der Waals surface area contributed by atoms with Crippen LogP contribution in [0.15, 0.2) is 60.3 Å². The molecule has 2 amide bonds. The summed E-state index contributed by atoms with van der Waals surface area (Å²) < 4.78 is 84.7. The largest absolute Gasteiger partial charge is 1.00 e. The number of ether oxygens (including phenoxy) is 2. The predicted octanol–water partition coefficient (Wildman–Crippen LogP) is 2.93. The molecule has 0 radical (unpaired) electrons. The second-order valence-corrected chi connectivity index (χ2v) is 17.6. The Morgan fingerprint density at radius 2 is 1.50 bits per heavy atom. The number of rotatable bonds is 12. The first kappa shape index (κ1) is 44.3. The summed E-state index contributed by atoms with van der Waals surface area (Å²) in [7, 11) is -9.13. The summed E-state index contributed by atoms with van der Waals surface area (Å²) >= 11 is 0. The predicted molar refractivity (Wildman–Crippen MR) is 200 cm³/mol. The number of carbonyl (C=O) groups excluding carboxylic acids is 2. The maximum atomic E-state index is 12.9. The number of unbranched alkanes of at least 4 members (excludes halogenated alkanes) is 1. The first-order valence-corrected chi connectivity index (χ1v) is 20.8. The Morgan fingerprint density at radius 1 is 0.907 bits per heavy atom. The van der Waals surface area contributed by atoms with Gasteiger partial charge in [0.05, 0.1) is 40.7 Å². The van der Waals surface area contributed by atoms with Gasteiger partial charge < -0.3 is 18.6 Å². The van der Waals surface area contributed by atoms with Gasteiger partial charge in [0.1, 0.15) is 17.9 Å². The molecule has 54 heavy (non-hydrogen) atoms.